The van der Waals surface area contributed by atoms with Gasteiger partial charge in [-0.3, -0.25) is 9.59 Å². The predicted molar refractivity (Wildman–Crippen MR) is 86.0 cm³/mol. The maximum Gasteiger partial charge on any atom is 0.271 e. The molecule has 2 rings (SSSR count). The first-order chi connectivity index (χ1) is 10.6. The number of amides is 1. The summed E-state index contributed by atoms with van der Waals surface area (Å²) in [5, 5.41) is 6.97. The van der Waals surface area contributed by atoms with E-state index in [0.717, 1.165) is 6.42 Å². The average molecular weight is 299 g/mol. The van der Waals surface area contributed by atoms with E-state index in [2.05, 4.69) is 17.3 Å². The monoisotopic (exact) mass is 299 g/mol. The number of benzene rings is 1. The second-order valence-corrected chi connectivity index (χ2v) is 5.30. The fourth-order valence-corrected chi connectivity index (χ4v) is 2.18. The topological polar surface area (TPSA) is 64.0 Å². The summed E-state index contributed by atoms with van der Waals surface area (Å²) < 4.78 is 1.33. The zero-order valence-electron chi connectivity index (χ0n) is 13.0. The van der Waals surface area contributed by atoms with Crippen molar-refractivity contribution in [3.63, 3.8) is 0 Å². The first kappa shape index (κ1) is 15.9. The summed E-state index contributed by atoms with van der Waals surface area (Å²) >= 11 is 0. The summed E-state index contributed by atoms with van der Waals surface area (Å²) in [6.45, 7) is 5.06. The molecular weight excluding hydrogens is 278 g/mol. The summed E-state index contributed by atoms with van der Waals surface area (Å²) in [5.74, 6) is -0.0423. The molecule has 0 aliphatic carbocycles. The van der Waals surface area contributed by atoms with E-state index in [1.54, 1.807) is 0 Å². The van der Waals surface area contributed by atoms with Gasteiger partial charge >= 0.3 is 0 Å². The smallest absolute Gasteiger partial charge is 0.271 e. The van der Waals surface area contributed by atoms with Gasteiger partial charge in [0.1, 0.15) is 5.69 Å². The lowest BCUT2D eigenvalue weighted by Gasteiger charge is -2.13. The van der Waals surface area contributed by atoms with Gasteiger partial charge in [0.25, 0.3) is 11.5 Å². The molecule has 5 heteroatoms. The maximum absolute atomic E-state index is 12.2. The second-order valence-electron chi connectivity index (χ2n) is 5.30. The maximum atomic E-state index is 12.2. The van der Waals surface area contributed by atoms with E-state index in [0.29, 0.717) is 13.1 Å². The van der Waals surface area contributed by atoms with Crippen LogP contribution in [0.4, 0.5) is 0 Å². The van der Waals surface area contributed by atoms with Crippen molar-refractivity contribution in [2.75, 3.05) is 6.54 Å². The number of carbonyl (C=O) groups is 1. The van der Waals surface area contributed by atoms with Gasteiger partial charge in [-0.15, -0.1) is 0 Å². The molecule has 0 saturated heterocycles. The number of carbonyl (C=O) groups excluding carboxylic acids is 1. The molecule has 0 spiro atoms. The molecule has 0 aliphatic heterocycles. The second kappa shape index (κ2) is 7.54. The van der Waals surface area contributed by atoms with Gasteiger partial charge in [-0.05, 0) is 24.0 Å². The molecular formula is C17H21N3O2. The Morgan fingerprint density at radius 1 is 1.23 bits per heavy atom. The Labute approximate surface area is 130 Å². The van der Waals surface area contributed by atoms with E-state index in [-0.39, 0.29) is 23.1 Å². The van der Waals surface area contributed by atoms with Crippen LogP contribution < -0.4 is 10.9 Å². The molecule has 2 aromatic rings. The highest BCUT2D eigenvalue weighted by molar-refractivity contribution is 5.92. The van der Waals surface area contributed by atoms with Crippen molar-refractivity contribution in [3.8, 4) is 0 Å². The SMILES string of the molecule is CCCn1nc(C(=O)NCC(C)c2ccccc2)ccc1=O. The summed E-state index contributed by atoms with van der Waals surface area (Å²) in [7, 11) is 0. The van der Waals surface area contributed by atoms with Crippen LogP contribution in [0.3, 0.4) is 0 Å². The molecule has 22 heavy (non-hydrogen) atoms. The summed E-state index contributed by atoms with van der Waals surface area (Å²) in [4.78, 5) is 23.8. The van der Waals surface area contributed by atoms with Gasteiger partial charge in [-0.1, -0.05) is 44.2 Å². The van der Waals surface area contributed by atoms with Gasteiger partial charge in [0.2, 0.25) is 0 Å². The first-order valence-corrected chi connectivity index (χ1v) is 7.53. The van der Waals surface area contributed by atoms with Gasteiger partial charge < -0.3 is 5.32 Å². The minimum absolute atomic E-state index is 0.184. The normalized spacial score (nSPS) is 11.9. The van der Waals surface area contributed by atoms with Gasteiger partial charge in [0.15, 0.2) is 0 Å². The zero-order valence-corrected chi connectivity index (χ0v) is 13.0. The quantitative estimate of drug-likeness (QED) is 0.889. The molecule has 1 heterocycles. The van der Waals surface area contributed by atoms with Crippen LogP contribution in [0.25, 0.3) is 0 Å². The van der Waals surface area contributed by atoms with Crippen molar-refractivity contribution < 1.29 is 4.79 Å². The third-order valence-electron chi connectivity index (χ3n) is 3.47. The number of aromatic nitrogens is 2. The molecule has 0 aliphatic rings. The Morgan fingerprint density at radius 3 is 2.64 bits per heavy atom. The average Bonchev–Trinajstić information content (AvgIpc) is 2.55. The fourth-order valence-electron chi connectivity index (χ4n) is 2.18. The number of hydrogen-bond acceptors (Lipinski definition) is 3. The van der Waals surface area contributed by atoms with Crippen molar-refractivity contribution >= 4 is 5.91 Å². The fraction of sp³-hybridized carbons (Fsp3) is 0.353. The lowest BCUT2D eigenvalue weighted by molar-refractivity contribution is 0.0944. The molecule has 1 amide bonds. The molecule has 1 aromatic carbocycles. The van der Waals surface area contributed by atoms with E-state index >= 15 is 0 Å². The standard InChI is InChI=1S/C17H21N3O2/c1-3-11-20-16(21)10-9-15(19-20)17(22)18-12-13(2)14-7-5-4-6-8-14/h4-10,13H,3,11-12H2,1-2H3,(H,18,22). The molecule has 0 saturated carbocycles. The van der Waals surface area contributed by atoms with Crippen molar-refractivity contribution in [1.82, 2.24) is 15.1 Å². The molecule has 0 radical (unpaired) electrons. The molecule has 1 unspecified atom stereocenters. The minimum atomic E-state index is -0.257. The summed E-state index contributed by atoms with van der Waals surface area (Å²) in [6, 6.07) is 12.9. The molecule has 1 atom stereocenters. The van der Waals surface area contributed by atoms with Crippen LogP contribution in [-0.4, -0.2) is 22.2 Å². The van der Waals surface area contributed by atoms with E-state index in [1.807, 2.05) is 37.3 Å². The van der Waals surface area contributed by atoms with Crippen molar-refractivity contribution in [1.29, 1.82) is 0 Å². The number of aryl methyl sites for hydroxylation is 1. The first-order valence-electron chi connectivity index (χ1n) is 7.53. The van der Waals surface area contributed by atoms with Crippen molar-refractivity contribution in [3.05, 3.63) is 64.1 Å². The predicted octanol–water partition coefficient (Wildman–Crippen LogP) is 2.19. The summed E-state index contributed by atoms with van der Waals surface area (Å²) in [6.07, 6.45) is 0.795. The van der Waals surface area contributed by atoms with Gasteiger partial charge in [-0.25, -0.2) is 4.68 Å². The Balaban J connectivity index is 2.00. The lowest BCUT2D eigenvalue weighted by Crippen LogP contribution is -2.31. The number of nitrogens with one attached hydrogen (secondary N) is 1. The Hall–Kier alpha value is -2.43. The largest absolute Gasteiger partial charge is 0.350 e. The van der Waals surface area contributed by atoms with Crippen LogP contribution in [0, 0.1) is 0 Å². The highest BCUT2D eigenvalue weighted by Crippen LogP contribution is 2.13. The van der Waals surface area contributed by atoms with Gasteiger partial charge in [0, 0.05) is 19.2 Å². The van der Waals surface area contributed by atoms with Crippen LogP contribution in [0.15, 0.2) is 47.3 Å². The molecule has 0 bridgehead atoms. The minimum Gasteiger partial charge on any atom is -0.350 e. The number of hydrogen-bond donors (Lipinski definition) is 1. The third kappa shape index (κ3) is 4.04. The zero-order chi connectivity index (χ0) is 15.9. The van der Waals surface area contributed by atoms with E-state index < -0.39 is 0 Å². The highest BCUT2D eigenvalue weighted by atomic mass is 16.2. The number of rotatable bonds is 6. The Morgan fingerprint density at radius 2 is 1.95 bits per heavy atom. The molecule has 0 fully saturated rings. The van der Waals surface area contributed by atoms with Crippen LogP contribution >= 0.6 is 0 Å². The lowest BCUT2D eigenvalue weighted by atomic mass is 10.0. The molecule has 5 nitrogen and oxygen atoms in total. The molecule has 1 aromatic heterocycles. The summed E-state index contributed by atoms with van der Waals surface area (Å²) in [5.41, 5.74) is 1.26. The van der Waals surface area contributed by atoms with Gasteiger partial charge in [-0.2, -0.15) is 5.10 Å². The Kier molecular flexibility index (Phi) is 5.47. The van der Waals surface area contributed by atoms with Crippen molar-refractivity contribution in [2.24, 2.45) is 0 Å². The molecule has 1 N–H and O–H groups in total. The van der Waals surface area contributed by atoms with Crippen LogP contribution in [-0.2, 0) is 6.54 Å². The van der Waals surface area contributed by atoms with Crippen LogP contribution in [0.5, 0.6) is 0 Å². The van der Waals surface area contributed by atoms with Crippen LogP contribution in [0.1, 0.15) is 42.2 Å². The number of nitrogens with zero attached hydrogens (tertiary/aromatic N) is 2. The Bertz CT molecular complexity index is 680. The van der Waals surface area contributed by atoms with E-state index in [1.165, 1.54) is 22.4 Å². The van der Waals surface area contributed by atoms with Crippen LogP contribution in [0.2, 0.25) is 0 Å². The molecule has 116 valence electrons. The third-order valence-corrected chi connectivity index (χ3v) is 3.47. The van der Waals surface area contributed by atoms with E-state index in [9.17, 15) is 9.59 Å². The van der Waals surface area contributed by atoms with Gasteiger partial charge in [0.05, 0.1) is 0 Å². The van der Waals surface area contributed by atoms with Crippen molar-refractivity contribution in [2.45, 2.75) is 32.7 Å². The van der Waals surface area contributed by atoms with E-state index in [4.69, 9.17) is 0 Å². The highest BCUT2D eigenvalue weighted by Gasteiger charge is 2.11.